The molecule has 2 nitrogen and oxygen atoms in total. The average Bonchev–Trinajstić information content (AvgIpc) is 2.81. The molecule has 5 aromatic rings. The van der Waals surface area contributed by atoms with E-state index in [0.29, 0.717) is 0 Å². The highest BCUT2D eigenvalue weighted by Crippen LogP contribution is 2.30. The molecule has 3 aromatic carbocycles. The predicted molar refractivity (Wildman–Crippen MR) is 128 cm³/mol. The van der Waals surface area contributed by atoms with Crippen molar-refractivity contribution in [2.45, 2.75) is 0 Å². The van der Waals surface area contributed by atoms with E-state index in [1.165, 1.54) is 32.7 Å². The maximum atomic E-state index is 4.23. The number of pyridine rings is 2. The molecule has 0 aliphatic rings. The Bertz CT molecular complexity index is 1370. The summed E-state index contributed by atoms with van der Waals surface area (Å²) in [5, 5.41) is 4.97. The Morgan fingerprint density at radius 1 is 0.533 bits per heavy atom. The van der Waals surface area contributed by atoms with E-state index in [-0.39, 0.29) is 0 Å². The second-order valence-electron chi connectivity index (χ2n) is 7.23. The van der Waals surface area contributed by atoms with Gasteiger partial charge in [-0.3, -0.25) is 9.97 Å². The summed E-state index contributed by atoms with van der Waals surface area (Å²) in [6.45, 7) is 0. The number of fused-ring (bicyclic) bond motifs is 2. The number of rotatable bonds is 4. The van der Waals surface area contributed by atoms with Crippen molar-refractivity contribution in [3.63, 3.8) is 0 Å². The van der Waals surface area contributed by atoms with Crippen molar-refractivity contribution in [1.82, 2.24) is 9.97 Å². The Morgan fingerprint density at radius 3 is 1.87 bits per heavy atom. The van der Waals surface area contributed by atoms with Crippen molar-refractivity contribution in [1.29, 1.82) is 0 Å². The predicted octanol–water partition coefficient (Wildman–Crippen LogP) is 7.12. The smallest absolute Gasteiger partial charge is 0.0340 e. The van der Waals surface area contributed by atoms with E-state index in [4.69, 9.17) is 0 Å². The highest BCUT2D eigenvalue weighted by atomic mass is 14.6. The second kappa shape index (κ2) is 8.14. The summed E-state index contributed by atoms with van der Waals surface area (Å²) in [7, 11) is 0. The van der Waals surface area contributed by atoms with Gasteiger partial charge in [0.2, 0.25) is 0 Å². The Balaban J connectivity index is 1.68. The van der Waals surface area contributed by atoms with Gasteiger partial charge in [0.15, 0.2) is 0 Å². The average molecular weight is 384 g/mol. The molecule has 2 heterocycles. The fourth-order valence-corrected chi connectivity index (χ4v) is 3.70. The van der Waals surface area contributed by atoms with E-state index in [1.54, 1.807) is 12.4 Å². The van der Waals surface area contributed by atoms with E-state index >= 15 is 0 Å². The molecule has 2 heteroatoms. The molecule has 0 saturated carbocycles. The minimum absolute atomic E-state index is 1.08. The summed E-state index contributed by atoms with van der Waals surface area (Å²) in [4.78, 5) is 8.43. The van der Waals surface area contributed by atoms with Crippen molar-refractivity contribution in [3.05, 3.63) is 120 Å². The summed E-state index contributed by atoms with van der Waals surface area (Å²) in [6, 6.07) is 25.5. The Morgan fingerprint density at radius 2 is 1.20 bits per heavy atom. The molecule has 0 N–H and O–H groups in total. The molecule has 5 rings (SSSR count). The molecule has 0 saturated heterocycles. The lowest BCUT2D eigenvalue weighted by molar-refractivity contribution is 1.32. The monoisotopic (exact) mass is 384 g/mol. The lowest BCUT2D eigenvalue weighted by Gasteiger charge is -2.10. The van der Waals surface area contributed by atoms with Gasteiger partial charge in [-0.15, -0.1) is 0 Å². The van der Waals surface area contributed by atoms with Crippen LogP contribution >= 0.6 is 0 Å². The van der Waals surface area contributed by atoms with Crippen molar-refractivity contribution >= 4 is 45.8 Å². The molecule has 0 aliphatic carbocycles. The van der Waals surface area contributed by atoms with Gasteiger partial charge in [-0.2, -0.15) is 0 Å². The molecule has 142 valence electrons. The van der Waals surface area contributed by atoms with Gasteiger partial charge in [-0.05, 0) is 68.1 Å². The topological polar surface area (TPSA) is 25.8 Å². The van der Waals surface area contributed by atoms with Crippen LogP contribution < -0.4 is 0 Å². The van der Waals surface area contributed by atoms with Crippen molar-refractivity contribution in [2.75, 3.05) is 0 Å². The van der Waals surface area contributed by atoms with Crippen LogP contribution in [0.15, 0.2) is 97.6 Å². The fourth-order valence-electron chi connectivity index (χ4n) is 3.70. The summed E-state index contributed by atoms with van der Waals surface area (Å²) >= 11 is 0. The third kappa shape index (κ3) is 3.76. The van der Waals surface area contributed by atoms with Crippen LogP contribution in [0.4, 0.5) is 0 Å². The largest absolute Gasteiger partial charge is 0.264 e. The molecule has 0 aliphatic heterocycles. The molecule has 0 amide bonds. The molecule has 0 fully saturated rings. The minimum Gasteiger partial charge on any atom is -0.264 e. The quantitative estimate of drug-likeness (QED) is 0.308. The third-order valence-electron chi connectivity index (χ3n) is 5.23. The van der Waals surface area contributed by atoms with Gasteiger partial charge in [-0.25, -0.2) is 0 Å². The summed E-state index contributed by atoms with van der Waals surface area (Å²) in [5.74, 6) is 0. The Kier molecular flexibility index (Phi) is 4.89. The van der Waals surface area contributed by atoms with Gasteiger partial charge < -0.3 is 0 Å². The number of aromatic nitrogens is 2. The Hall–Kier alpha value is -4.04. The zero-order valence-electron chi connectivity index (χ0n) is 16.4. The maximum absolute atomic E-state index is 4.23. The van der Waals surface area contributed by atoms with Crippen molar-refractivity contribution in [2.24, 2.45) is 0 Å². The number of hydrogen-bond acceptors (Lipinski definition) is 2. The molecule has 0 spiro atoms. The molecule has 0 atom stereocenters. The van der Waals surface area contributed by atoms with Gasteiger partial charge in [0, 0.05) is 24.8 Å². The molecule has 0 radical (unpaired) electrons. The van der Waals surface area contributed by atoms with Gasteiger partial charge in [0.05, 0.1) is 0 Å². The standard InChI is InChI=1S/C28H20N2/c1-2-8-25-18-28-26(17-24(25)7-1)13-12-23(11-9-21-5-3-15-29-19-21)27(28)14-10-22-6-4-16-30-20-22/h1-20H/b11-9+,14-10+. The van der Waals surface area contributed by atoms with Crippen LogP contribution in [-0.4, -0.2) is 9.97 Å². The second-order valence-corrected chi connectivity index (χ2v) is 7.23. The van der Waals surface area contributed by atoms with Crippen LogP contribution in [0.3, 0.4) is 0 Å². The first-order valence-electron chi connectivity index (χ1n) is 9.98. The van der Waals surface area contributed by atoms with Gasteiger partial charge in [-0.1, -0.05) is 72.8 Å². The van der Waals surface area contributed by atoms with Gasteiger partial charge in [0.25, 0.3) is 0 Å². The lowest BCUT2D eigenvalue weighted by atomic mass is 9.95. The summed E-state index contributed by atoms with van der Waals surface area (Å²) < 4.78 is 0. The number of hydrogen-bond donors (Lipinski definition) is 0. The highest BCUT2D eigenvalue weighted by molar-refractivity contribution is 6.04. The number of nitrogens with zero attached hydrogens (tertiary/aromatic N) is 2. The summed E-state index contributed by atoms with van der Waals surface area (Å²) in [5.41, 5.74) is 4.53. The van der Waals surface area contributed by atoms with Crippen LogP contribution in [0.1, 0.15) is 22.3 Å². The zero-order chi connectivity index (χ0) is 20.2. The SMILES string of the molecule is C(=C\c1ccc2cc3ccccc3cc2c1/C=C/c1cccnc1)/c1cccnc1. The van der Waals surface area contributed by atoms with Crippen LogP contribution in [0, 0.1) is 0 Å². The van der Waals surface area contributed by atoms with E-state index in [1.807, 2.05) is 24.5 Å². The molecular weight excluding hydrogens is 364 g/mol. The van der Waals surface area contributed by atoms with Crippen LogP contribution in [0.2, 0.25) is 0 Å². The normalized spacial score (nSPS) is 11.7. The first-order valence-corrected chi connectivity index (χ1v) is 9.98. The highest BCUT2D eigenvalue weighted by Gasteiger charge is 2.06. The molecule has 0 unspecified atom stereocenters. The van der Waals surface area contributed by atoms with E-state index in [2.05, 4.69) is 94.9 Å². The summed E-state index contributed by atoms with van der Waals surface area (Å²) in [6.07, 6.45) is 15.9. The minimum atomic E-state index is 1.08. The molecule has 2 aromatic heterocycles. The number of benzene rings is 3. The molecule has 30 heavy (non-hydrogen) atoms. The maximum Gasteiger partial charge on any atom is 0.0340 e. The lowest BCUT2D eigenvalue weighted by Crippen LogP contribution is -1.86. The van der Waals surface area contributed by atoms with Crippen molar-refractivity contribution < 1.29 is 0 Å². The van der Waals surface area contributed by atoms with Crippen LogP contribution in [0.25, 0.3) is 45.8 Å². The third-order valence-corrected chi connectivity index (χ3v) is 5.23. The van der Waals surface area contributed by atoms with E-state index in [9.17, 15) is 0 Å². The van der Waals surface area contributed by atoms with Gasteiger partial charge in [0.1, 0.15) is 0 Å². The van der Waals surface area contributed by atoms with Gasteiger partial charge >= 0.3 is 0 Å². The zero-order valence-corrected chi connectivity index (χ0v) is 16.4. The first kappa shape index (κ1) is 18.0. The van der Waals surface area contributed by atoms with Crippen molar-refractivity contribution in [3.8, 4) is 0 Å². The van der Waals surface area contributed by atoms with E-state index in [0.717, 1.165) is 11.1 Å². The van der Waals surface area contributed by atoms with Crippen LogP contribution in [-0.2, 0) is 0 Å². The Labute approximate surface area is 175 Å². The van der Waals surface area contributed by atoms with E-state index < -0.39 is 0 Å². The van der Waals surface area contributed by atoms with Crippen LogP contribution in [0.5, 0.6) is 0 Å². The molecule has 0 bridgehead atoms. The molecular formula is C28H20N2. The fraction of sp³-hybridized carbons (Fsp3) is 0. The first-order chi connectivity index (χ1) is 14.9.